The van der Waals surface area contributed by atoms with E-state index in [1.807, 2.05) is 0 Å². The lowest BCUT2D eigenvalue weighted by Crippen LogP contribution is -2.37. The summed E-state index contributed by atoms with van der Waals surface area (Å²) in [6.45, 7) is 1.93. The molecule has 0 radical (unpaired) electrons. The van der Waals surface area contributed by atoms with E-state index < -0.39 is 0 Å². The van der Waals surface area contributed by atoms with Crippen LogP contribution in [0.15, 0.2) is 28.5 Å². The molecule has 0 bridgehead atoms. The van der Waals surface area contributed by atoms with Gasteiger partial charge in [0.15, 0.2) is 0 Å². The highest BCUT2D eigenvalue weighted by atomic mass is 32.1. The van der Waals surface area contributed by atoms with Crippen molar-refractivity contribution in [3.05, 3.63) is 34.0 Å². The highest BCUT2D eigenvalue weighted by Crippen LogP contribution is 2.13. The summed E-state index contributed by atoms with van der Waals surface area (Å²) >= 11 is 1.77. The van der Waals surface area contributed by atoms with E-state index in [-0.39, 0.29) is 6.04 Å². The van der Waals surface area contributed by atoms with E-state index in [1.165, 1.54) is 11.1 Å². The molecule has 0 aromatic carbocycles. The summed E-state index contributed by atoms with van der Waals surface area (Å²) in [5, 5.41) is 7.68. The van der Waals surface area contributed by atoms with E-state index in [4.69, 9.17) is 5.73 Å². The van der Waals surface area contributed by atoms with Gasteiger partial charge in [0, 0.05) is 19.1 Å². The van der Waals surface area contributed by atoms with E-state index in [0.29, 0.717) is 0 Å². The quantitative estimate of drug-likeness (QED) is 0.739. The average Bonchev–Trinajstić information content (AvgIpc) is 2.67. The fourth-order valence-corrected chi connectivity index (χ4v) is 2.43. The Kier molecular flexibility index (Phi) is 3.35. The van der Waals surface area contributed by atoms with Gasteiger partial charge in [-0.15, -0.1) is 0 Å². The fourth-order valence-electron chi connectivity index (χ4n) is 1.73. The van der Waals surface area contributed by atoms with Crippen LogP contribution in [0.25, 0.3) is 0 Å². The molecule has 3 N–H and O–H groups in total. The van der Waals surface area contributed by atoms with Gasteiger partial charge >= 0.3 is 0 Å². The third-order valence-electron chi connectivity index (χ3n) is 2.50. The first-order valence-electron chi connectivity index (χ1n) is 5.01. The van der Waals surface area contributed by atoms with E-state index in [9.17, 15) is 0 Å². The van der Waals surface area contributed by atoms with Gasteiger partial charge in [0.25, 0.3) is 0 Å². The van der Waals surface area contributed by atoms with Crippen LogP contribution in [0.5, 0.6) is 0 Å². The second-order valence-corrected chi connectivity index (χ2v) is 4.53. The van der Waals surface area contributed by atoms with Gasteiger partial charge < -0.3 is 11.1 Å². The molecule has 1 aliphatic rings. The maximum absolute atomic E-state index is 5.84. The zero-order valence-corrected chi connectivity index (χ0v) is 9.02. The third-order valence-corrected chi connectivity index (χ3v) is 3.23. The summed E-state index contributed by atoms with van der Waals surface area (Å²) in [5.74, 6) is 0. The Balaban J connectivity index is 1.86. The Hall–Kier alpha value is -0.640. The minimum Gasteiger partial charge on any atom is -0.323 e. The van der Waals surface area contributed by atoms with Crippen LogP contribution in [0.1, 0.15) is 12.0 Å². The normalized spacial score (nSPS) is 22.1. The lowest BCUT2D eigenvalue weighted by atomic mass is 10.0. The second kappa shape index (κ2) is 4.73. The third kappa shape index (κ3) is 2.67. The maximum atomic E-state index is 5.84. The first kappa shape index (κ1) is 9.90. The Labute approximate surface area is 88.8 Å². The molecule has 3 heteroatoms. The van der Waals surface area contributed by atoms with Gasteiger partial charge in [0.1, 0.15) is 0 Å². The predicted molar refractivity (Wildman–Crippen MR) is 61.6 cm³/mol. The molecule has 1 aliphatic heterocycles. The zero-order valence-electron chi connectivity index (χ0n) is 8.20. The highest BCUT2D eigenvalue weighted by molar-refractivity contribution is 7.07. The van der Waals surface area contributed by atoms with Crippen molar-refractivity contribution in [2.24, 2.45) is 5.73 Å². The van der Waals surface area contributed by atoms with Crippen molar-refractivity contribution in [2.75, 3.05) is 13.1 Å². The second-order valence-electron chi connectivity index (χ2n) is 3.75. The van der Waals surface area contributed by atoms with Crippen LogP contribution < -0.4 is 11.1 Å². The number of hydrogen-bond acceptors (Lipinski definition) is 3. The topological polar surface area (TPSA) is 38.0 Å². The van der Waals surface area contributed by atoms with Gasteiger partial charge in [-0.2, -0.15) is 11.3 Å². The minimum absolute atomic E-state index is 0.209. The van der Waals surface area contributed by atoms with Crippen LogP contribution in [0, 0.1) is 0 Å². The molecule has 1 unspecified atom stereocenters. The van der Waals surface area contributed by atoms with Gasteiger partial charge in [0.2, 0.25) is 0 Å². The zero-order chi connectivity index (χ0) is 9.80. The van der Waals surface area contributed by atoms with Crippen molar-refractivity contribution in [3.8, 4) is 0 Å². The number of hydrogen-bond donors (Lipinski definition) is 2. The SMILES string of the molecule is NC1C=C(CCc2ccsc2)CNC1. The molecule has 1 atom stereocenters. The Morgan fingerprint density at radius 1 is 1.50 bits per heavy atom. The molecule has 0 fully saturated rings. The van der Waals surface area contributed by atoms with E-state index >= 15 is 0 Å². The molecule has 0 spiro atoms. The van der Waals surface area contributed by atoms with Gasteiger partial charge in [-0.1, -0.05) is 11.6 Å². The van der Waals surface area contributed by atoms with Crippen molar-refractivity contribution >= 4 is 11.3 Å². The molecule has 2 rings (SSSR count). The van der Waals surface area contributed by atoms with Gasteiger partial charge in [-0.3, -0.25) is 0 Å². The van der Waals surface area contributed by atoms with Crippen LogP contribution in [-0.2, 0) is 6.42 Å². The Morgan fingerprint density at radius 2 is 2.43 bits per heavy atom. The summed E-state index contributed by atoms with van der Waals surface area (Å²) in [7, 11) is 0. The number of thiophene rings is 1. The van der Waals surface area contributed by atoms with E-state index in [1.54, 1.807) is 11.3 Å². The smallest absolute Gasteiger partial charge is 0.0354 e. The molecule has 0 amide bonds. The van der Waals surface area contributed by atoms with Gasteiger partial charge in [0.05, 0.1) is 0 Å². The van der Waals surface area contributed by atoms with Crippen molar-refractivity contribution in [3.63, 3.8) is 0 Å². The molecular weight excluding hydrogens is 192 g/mol. The number of rotatable bonds is 3. The summed E-state index contributed by atoms with van der Waals surface area (Å²) < 4.78 is 0. The van der Waals surface area contributed by atoms with Crippen LogP contribution in [-0.4, -0.2) is 19.1 Å². The molecule has 2 heterocycles. The molecule has 2 nitrogen and oxygen atoms in total. The van der Waals surface area contributed by atoms with E-state index in [2.05, 4.69) is 28.2 Å². The number of nitrogens with one attached hydrogen (secondary N) is 1. The fraction of sp³-hybridized carbons (Fsp3) is 0.455. The number of aryl methyl sites for hydroxylation is 1. The summed E-state index contributed by atoms with van der Waals surface area (Å²) in [5.41, 5.74) is 8.73. The van der Waals surface area contributed by atoms with Crippen molar-refractivity contribution in [2.45, 2.75) is 18.9 Å². The molecule has 1 aromatic heterocycles. The summed E-state index contributed by atoms with van der Waals surface area (Å²) in [4.78, 5) is 0. The van der Waals surface area contributed by atoms with Crippen molar-refractivity contribution < 1.29 is 0 Å². The van der Waals surface area contributed by atoms with Crippen LogP contribution in [0.2, 0.25) is 0 Å². The Bertz CT molecular complexity index is 303. The van der Waals surface area contributed by atoms with E-state index in [0.717, 1.165) is 25.9 Å². The first-order chi connectivity index (χ1) is 6.84. The minimum atomic E-state index is 0.209. The molecule has 0 aliphatic carbocycles. The average molecular weight is 208 g/mol. The standard InChI is InChI=1S/C11H16N2S/c12-11-5-10(6-13-7-11)2-1-9-3-4-14-8-9/h3-5,8,11,13H,1-2,6-7,12H2. The van der Waals surface area contributed by atoms with Crippen LogP contribution >= 0.6 is 11.3 Å². The molecule has 1 aromatic rings. The van der Waals surface area contributed by atoms with Gasteiger partial charge in [-0.25, -0.2) is 0 Å². The molecule has 76 valence electrons. The van der Waals surface area contributed by atoms with Crippen molar-refractivity contribution in [1.82, 2.24) is 5.32 Å². The maximum Gasteiger partial charge on any atom is 0.0354 e. The summed E-state index contributed by atoms with van der Waals surface area (Å²) in [6, 6.07) is 2.41. The monoisotopic (exact) mass is 208 g/mol. The highest BCUT2D eigenvalue weighted by Gasteiger charge is 2.08. The molecular formula is C11H16N2S. The largest absolute Gasteiger partial charge is 0.323 e. The van der Waals surface area contributed by atoms with Crippen LogP contribution in [0.4, 0.5) is 0 Å². The van der Waals surface area contributed by atoms with Crippen LogP contribution in [0.3, 0.4) is 0 Å². The number of nitrogens with two attached hydrogens (primary N) is 1. The lowest BCUT2D eigenvalue weighted by Gasteiger charge is -2.18. The Morgan fingerprint density at radius 3 is 3.14 bits per heavy atom. The summed E-state index contributed by atoms with van der Waals surface area (Å²) in [6.07, 6.45) is 4.49. The lowest BCUT2D eigenvalue weighted by molar-refractivity contribution is 0.619. The first-order valence-corrected chi connectivity index (χ1v) is 5.96. The molecule has 0 saturated heterocycles. The predicted octanol–water partition coefficient (Wildman–Crippen LogP) is 1.54. The molecule has 14 heavy (non-hydrogen) atoms. The van der Waals surface area contributed by atoms with Crippen molar-refractivity contribution in [1.29, 1.82) is 0 Å². The molecule has 0 saturated carbocycles. The van der Waals surface area contributed by atoms with Gasteiger partial charge in [-0.05, 0) is 35.2 Å².